The Morgan fingerprint density at radius 3 is 2.65 bits per heavy atom. The molecule has 2 aromatic rings. The van der Waals surface area contributed by atoms with Crippen molar-refractivity contribution in [2.45, 2.75) is 26.8 Å². The van der Waals surface area contributed by atoms with Crippen molar-refractivity contribution in [3.8, 4) is 11.5 Å². The highest BCUT2D eigenvalue weighted by atomic mass is 79.9. The predicted molar refractivity (Wildman–Crippen MR) is 85.2 cm³/mol. The molecular formula is C16H19BrN2O. The van der Waals surface area contributed by atoms with Gasteiger partial charge in [-0.1, -0.05) is 28.9 Å². The molecule has 0 aliphatic rings. The average Bonchev–Trinajstić information content (AvgIpc) is 2.44. The van der Waals surface area contributed by atoms with Crippen LogP contribution < -0.4 is 10.1 Å². The summed E-state index contributed by atoms with van der Waals surface area (Å²) in [5, 5.41) is 3.39. The van der Waals surface area contributed by atoms with Crippen LogP contribution in [0, 0.1) is 6.92 Å². The third-order valence-electron chi connectivity index (χ3n) is 2.89. The van der Waals surface area contributed by atoms with Gasteiger partial charge in [-0.2, -0.15) is 0 Å². The van der Waals surface area contributed by atoms with E-state index in [2.05, 4.69) is 39.2 Å². The van der Waals surface area contributed by atoms with Crippen LogP contribution in [0.15, 0.2) is 41.0 Å². The van der Waals surface area contributed by atoms with Crippen LogP contribution in [-0.4, -0.2) is 11.5 Å². The number of hydrogen-bond donors (Lipinski definition) is 1. The number of aryl methyl sites for hydroxylation is 1. The predicted octanol–water partition coefficient (Wildman–Crippen LogP) is 4.44. The normalized spacial score (nSPS) is 10.6. The maximum Gasteiger partial charge on any atom is 0.145 e. The molecule has 1 N–H and O–H groups in total. The second-order valence-electron chi connectivity index (χ2n) is 4.67. The summed E-state index contributed by atoms with van der Waals surface area (Å²) < 4.78 is 6.84. The average molecular weight is 335 g/mol. The number of rotatable bonds is 6. The molecule has 0 amide bonds. The van der Waals surface area contributed by atoms with Gasteiger partial charge < -0.3 is 10.1 Å². The number of ether oxygens (including phenoxy) is 1. The van der Waals surface area contributed by atoms with Crippen LogP contribution in [0.25, 0.3) is 0 Å². The molecule has 0 radical (unpaired) electrons. The molecular weight excluding hydrogens is 316 g/mol. The van der Waals surface area contributed by atoms with Crippen LogP contribution in [0.3, 0.4) is 0 Å². The number of aromatic nitrogens is 1. The molecule has 0 spiro atoms. The Kier molecular flexibility index (Phi) is 5.56. The Bertz CT molecular complexity index is 555. The highest BCUT2D eigenvalue weighted by Gasteiger charge is 2.03. The minimum absolute atomic E-state index is 0.749. The number of benzene rings is 1. The first kappa shape index (κ1) is 15.0. The molecule has 106 valence electrons. The van der Waals surface area contributed by atoms with Crippen molar-refractivity contribution < 1.29 is 4.74 Å². The van der Waals surface area contributed by atoms with Crippen molar-refractivity contribution in [3.05, 3.63) is 52.3 Å². The summed E-state index contributed by atoms with van der Waals surface area (Å²) in [5.74, 6) is 1.56. The maximum absolute atomic E-state index is 5.78. The lowest BCUT2D eigenvalue weighted by Gasteiger charge is -2.09. The van der Waals surface area contributed by atoms with Crippen molar-refractivity contribution in [1.82, 2.24) is 10.3 Å². The van der Waals surface area contributed by atoms with Gasteiger partial charge in [0, 0.05) is 16.7 Å². The van der Waals surface area contributed by atoms with Gasteiger partial charge in [0.15, 0.2) is 0 Å². The smallest absolute Gasteiger partial charge is 0.145 e. The second-order valence-corrected chi connectivity index (χ2v) is 5.52. The van der Waals surface area contributed by atoms with Gasteiger partial charge >= 0.3 is 0 Å². The molecule has 0 saturated heterocycles. The molecule has 0 bridgehead atoms. The zero-order valence-electron chi connectivity index (χ0n) is 11.8. The van der Waals surface area contributed by atoms with Crippen LogP contribution in [0.2, 0.25) is 0 Å². The van der Waals surface area contributed by atoms with Crippen LogP contribution in [0.1, 0.15) is 24.6 Å². The van der Waals surface area contributed by atoms with Gasteiger partial charge in [0.05, 0.1) is 6.20 Å². The van der Waals surface area contributed by atoms with E-state index in [0.29, 0.717) is 0 Å². The first-order chi connectivity index (χ1) is 9.69. The summed E-state index contributed by atoms with van der Waals surface area (Å²) in [6.07, 6.45) is 2.87. The largest absolute Gasteiger partial charge is 0.456 e. The van der Waals surface area contributed by atoms with Gasteiger partial charge in [-0.25, -0.2) is 0 Å². The Morgan fingerprint density at radius 2 is 2.00 bits per heavy atom. The van der Waals surface area contributed by atoms with E-state index in [9.17, 15) is 0 Å². The summed E-state index contributed by atoms with van der Waals surface area (Å²) in [7, 11) is 0. The van der Waals surface area contributed by atoms with Gasteiger partial charge in [0.2, 0.25) is 0 Å². The van der Waals surface area contributed by atoms with Crippen molar-refractivity contribution >= 4 is 15.9 Å². The summed E-state index contributed by atoms with van der Waals surface area (Å²) in [6.45, 7) is 6.01. The van der Waals surface area contributed by atoms with Crippen molar-refractivity contribution in [1.29, 1.82) is 0 Å². The van der Waals surface area contributed by atoms with E-state index in [0.717, 1.165) is 41.2 Å². The molecule has 2 rings (SSSR count). The molecule has 0 fully saturated rings. The van der Waals surface area contributed by atoms with Gasteiger partial charge in [0.25, 0.3) is 0 Å². The summed E-state index contributed by atoms with van der Waals surface area (Å²) >= 11 is 3.59. The number of nitrogens with one attached hydrogen (secondary N) is 1. The highest BCUT2D eigenvalue weighted by Crippen LogP contribution is 2.26. The number of pyridine rings is 1. The monoisotopic (exact) mass is 334 g/mol. The molecule has 1 heterocycles. The van der Waals surface area contributed by atoms with Crippen LogP contribution in [-0.2, 0) is 6.54 Å². The third-order valence-corrected chi connectivity index (χ3v) is 3.62. The second kappa shape index (κ2) is 7.41. The van der Waals surface area contributed by atoms with Crippen molar-refractivity contribution in [2.75, 3.05) is 6.54 Å². The Hall–Kier alpha value is -1.39. The standard InChI is InChI=1S/C16H19BrN2O/c1-3-8-18-10-13-5-7-14(9-16(13)17)20-15-6-4-12(2)19-11-15/h4-7,9,11,18H,3,8,10H2,1-2H3. The first-order valence-electron chi connectivity index (χ1n) is 6.78. The number of hydrogen-bond acceptors (Lipinski definition) is 3. The van der Waals surface area contributed by atoms with E-state index < -0.39 is 0 Å². The Labute approximate surface area is 128 Å². The highest BCUT2D eigenvalue weighted by molar-refractivity contribution is 9.10. The van der Waals surface area contributed by atoms with Crippen LogP contribution in [0.4, 0.5) is 0 Å². The lowest BCUT2D eigenvalue weighted by atomic mass is 10.2. The lowest BCUT2D eigenvalue weighted by molar-refractivity contribution is 0.479. The summed E-state index contributed by atoms with van der Waals surface area (Å²) in [5.41, 5.74) is 2.21. The fourth-order valence-corrected chi connectivity index (χ4v) is 2.28. The number of halogens is 1. The van der Waals surface area contributed by atoms with E-state index in [1.165, 1.54) is 5.56 Å². The molecule has 0 saturated carbocycles. The van der Waals surface area contributed by atoms with Crippen LogP contribution in [0.5, 0.6) is 11.5 Å². The molecule has 1 aromatic carbocycles. The van der Waals surface area contributed by atoms with Gasteiger partial charge in [-0.15, -0.1) is 0 Å². The van der Waals surface area contributed by atoms with E-state index in [1.54, 1.807) is 6.20 Å². The minimum Gasteiger partial charge on any atom is -0.456 e. The quantitative estimate of drug-likeness (QED) is 0.792. The first-order valence-corrected chi connectivity index (χ1v) is 7.58. The molecule has 20 heavy (non-hydrogen) atoms. The molecule has 1 aromatic heterocycles. The van der Waals surface area contributed by atoms with Gasteiger partial charge in [0.1, 0.15) is 11.5 Å². The summed E-state index contributed by atoms with van der Waals surface area (Å²) in [4.78, 5) is 4.22. The van der Waals surface area contributed by atoms with Crippen molar-refractivity contribution in [3.63, 3.8) is 0 Å². The molecule has 4 heteroatoms. The SMILES string of the molecule is CCCNCc1ccc(Oc2ccc(C)nc2)cc1Br. The van der Waals surface area contributed by atoms with Crippen molar-refractivity contribution in [2.24, 2.45) is 0 Å². The Balaban J connectivity index is 2.03. The summed E-state index contributed by atoms with van der Waals surface area (Å²) in [6, 6.07) is 9.90. The van der Waals surface area contributed by atoms with Crippen LogP contribution >= 0.6 is 15.9 Å². The van der Waals surface area contributed by atoms with E-state index in [-0.39, 0.29) is 0 Å². The molecule has 0 unspecified atom stereocenters. The zero-order chi connectivity index (χ0) is 14.4. The van der Waals surface area contributed by atoms with E-state index in [1.807, 2.05) is 31.2 Å². The lowest BCUT2D eigenvalue weighted by Crippen LogP contribution is -2.14. The molecule has 0 aliphatic heterocycles. The maximum atomic E-state index is 5.78. The van der Waals surface area contributed by atoms with Gasteiger partial charge in [-0.3, -0.25) is 4.98 Å². The third kappa shape index (κ3) is 4.32. The molecule has 3 nitrogen and oxygen atoms in total. The molecule has 0 aliphatic carbocycles. The molecule has 0 atom stereocenters. The van der Waals surface area contributed by atoms with E-state index in [4.69, 9.17) is 4.74 Å². The fourth-order valence-electron chi connectivity index (χ4n) is 1.79. The minimum atomic E-state index is 0.749. The zero-order valence-corrected chi connectivity index (χ0v) is 13.4. The van der Waals surface area contributed by atoms with E-state index >= 15 is 0 Å². The van der Waals surface area contributed by atoms with Gasteiger partial charge in [-0.05, 0) is 49.7 Å². The number of nitrogens with zero attached hydrogens (tertiary/aromatic N) is 1. The Morgan fingerprint density at radius 1 is 1.20 bits per heavy atom. The fraction of sp³-hybridized carbons (Fsp3) is 0.312. The topological polar surface area (TPSA) is 34.1 Å².